The Kier molecular flexibility index (Phi) is 4.39. The molecule has 1 aliphatic heterocycles. The van der Waals surface area contributed by atoms with Crippen LogP contribution in [0.15, 0.2) is 51.9 Å². The minimum atomic E-state index is -0.502. The van der Waals surface area contributed by atoms with Gasteiger partial charge in [0, 0.05) is 31.5 Å². The number of benzene rings is 1. The van der Waals surface area contributed by atoms with Crippen LogP contribution in [0.5, 0.6) is 0 Å². The Morgan fingerprint density at radius 3 is 2.65 bits per heavy atom. The van der Waals surface area contributed by atoms with Gasteiger partial charge in [0.25, 0.3) is 0 Å². The first-order valence-corrected chi connectivity index (χ1v) is 8.60. The number of rotatable bonds is 4. The van der Waals surface area contributed by atoms with E-state index in [2.05, 4.69) is 15.3 Å². The monoisotopic (exact) mass is 353 g/mol. The summed E-state index contributed by atoms with van der Waals surface area (Å²) < 4.78 is 6.57. The molecule has 1 fully saturated rings. The number of amides is 1. The van der Waals surface area contributed by atoms with E-state index in [0.29, 0.717) is 30.1 Å². The van der Waals surface area contributed by atoms with Crippen LogP contribution in [-0.2, 0) is 11.3 Å². The largest absolute Gasteiger partial charge is 0.420 e. The quantitative estimate of drug-likeness (QED) is 0.764. The van der Waals surface area contributed by atoms with Gasteiger partial charge in [0.15, 0.2) is 5.58 Å². The third kappa shape index (κ3) is 3.30. The van der Waals surface area contributed by atoms with Crippen molar-refractivity contribution in [1.82, 2.24) is 19.4 Å². The van der Waals surface area contributed by atoms with E-state index in [9.17, 15) is 9.59 Å². The highest BCUT2D eigenvalue weighted by Crippen LogP contribution is 2.16. The third-order valence-corrected chi connectivity index (χ3v) is 4.61. The van der Waals surface area contributed by atoms with E-state index in [1.54, 1.807) is 41.6 Å². The molecule has 4 rings (SSSR count). The highest BCUT2D eigenvalue weighted by molar-refractivity contribution is 5.79. The van der Waals surface area contributed by atoms with Crippen LogP contribution in [0.25, 0.3) is 11.1 Å². The molecule has 1 aliphatic rings. The van der Waals surface area contributed by atoms with Crippen LogP contribution < -0.4 is 11.1 Å². The van der Waals surface area contributed by atoms with Crippen molar-refractivity contribution in [1.29, 1.82) is 0 Å². The molecular weight excluding hydrogens is 334 g/mol. The van der Waals surface area contributed by atoms with Crippen molar-refractivity contribution >= 4 is 23.0 Å². The Labute approximate surface area is 149 Å². The molecule has 2 aromatic heterocycles. The lowest BCUT2D eigenvalue weighted by molar-refractivity contribution is -0.132. The third-order valence-electron chi connectivity index (χ3n) is 4.61. The van der Waals surface area contributed by atoms with Gasteiger partial charge in [-0.1, -0.05) is 12.1 Å². The zero-order chi connectivity index (χ0) is 17.9. The van der Waals surface area contributed by atoms with Crippen LogP contribution in [0.3, 0.4) is 0 Å². The summed E-state index contributed by atoms with van der Waals surface area (Å²) in [7, 11) is 0. The molecule has 1 aromatic carbocycles. The van der Waals surface area contributed by atoms with E-state index in [0.717, 1.165) is 12.8 Å². The number of hydrogen-bond donors (Lipinski definition) is 1. The molecule has 8 nitrogen and oxygen atoms in total. The van der Waals surface area contributed by atoms with Crippen LogP contribution in [0.4, 0.5) is 5.95 Å². The molecule has 8 heteroatoms. The van der Waals surface area contributed by atoms with Gasteiger partial charge in [-0.25, -0.2) is 14.8 Å². The minimum absolute atomic E-state index is 0.00423. The Morgan fingerprint density at radius 1 is 1.15 bits per heavy atom. The lowest BCUT2D eigenvalue weighted by Gasteiger charge is -2.32. The number of para-hydroxylation sites is 2. The molecule has 3 heterocycles. The maximum atomic E-state index is 12.6. The summed E-state index contributed by atoms with van der Waals surface area (Å²) in [4.78, 5) is 34.7. The van der Waals surface area contributed by atoms with Crippen LogP contribution in [0.1, 0.15) is 12.8 Å². The lowest BCUT2D eigenvalue weighted by atomic mass is 10.1. The summed E-state index contributed by atoms with van der Waals surface area (Å²) in [5, 5.41) is 3.29. The molecule has 0 radical (unpaired) electrons. The van der Waals surface area contributed by atoms with Crippen molar-refractivity contribution in [3.63, 3.8) is 0 Å². The number of likely N-dealkylation sites (tertiary alicyclic amines) is 1. The number of nitrogens with zero attached hydrogens (tertiary/aromatic N) is 4. The molecule has 0 aliphatic carbocycles. The lowest BCUT2D eigenvalue weighted by Crippen LogP contribution is -2.44. The molecule has 0 atom stereocenters. The van der Waals surface area contributed by atoms with Crippen molar-refractivity contribution < 1.29 is 9.21 Å². The van der Waals surface area contributed by atoms with E-state index < -0.39 is 5.76 Å². The first kappa shape index (κ1) is 16.3. The van der Waals surface area contributed by atoms with Gasteiger partial charge in [0.05, 0.1) is 5.52 Å². The van der Waals surface area contributed by atoms with E-state index in [1.165, 1.54) is 4.57 Å². The maximum absolute atomic E-state index is 12.6. The fourth-order valence-electron chi connectivity index (χ4n) is 3.23. The number of carbonyl (C=O) groups is 1. The zero-order valence-corrected chi connectivity index (χ0v) is 14.2. The Bertz CT molecular complexity index is 958. The molecule has 0 spiro atoms. The van der Waals surface area contributed by atoms with Crippen molar-refractivity contribution in [3.8, 4) is 0 Å². The second-order valence-electron chi connectivity index (χ2n) is 6.29. The number of fused-ring (bicyclic) bond motifs is 1. The summed E-state index contributed by atoms with van der Waals surface area (Å²) in [6, 6.07) is 9.13. The van der Waals surface area contributed by atoms with Gasteiger partial charge in [-0.05, 0) is 31.0 Å². The summed E-state index contributed by atoms with van der Waals surface area (Å²) in [6.45, 7) is 1.26. The zero-order valence-electron chi connectivity index (χ0n) is 14.2. The number of anilines is 1. The molecule has 134 valence electrons. The average Bonchev–Trinajstić information content (AvgIpc) is 2.98. The maximum Gasteiger partial charge on any atom is 0.420 e. The number of oxazole rings is 1. The Hall–Kier alpha value is -3.16. The van der Waals surface area contributed by atoms with Crippen LogP contribution in [-0.4, -0.2) is 44.5 Å². The molecule has 3 aromatic rings. The van der Waals surface area contributed by atoms with Crippen molar-refractivity contribution in [2.24, 2.45) is 0 Å². The molecule has 1 N–H and O–H groups in total. The topological polar surface area (TPSA) is 93.3 Å². The number of hydrogen-bond acceptors (Lipinski definition) is 6. The van der Waals surface area contributed by atoms with Gasteiger partial charge in [-0.2, -0.15) is 0 Å². The van der Waals surface area contributed by atoms with Crippen molar-refractivity contribution in [2.75, 3.05) is 18.4 Å². The molecule has 1 amide bonds. The predicted molar refractivity (Wildman–Crippen MR) is 95.7 cm³/mol. The van der Waals surface area contributed by atoms with Gasteiger partial charge in [0.2, 0.25) is 11.9 Å². The van der Waals surface area contributed by atoms with Crippen LogP contribution in [0.2, 0.25) is 0 Å². The second-order valence-corrected chi connectivity index (χ2v) is 6.29. The minimum Gasteiger partial charge on any atom is -0.408 e. The Morgan fingerprint density at radius 2 is 1.88 bits per heavy atom. The highest BCUT2D eigenvalue weighted by atomic mass is 16.4. The van der Waals surface area contributed by atoms with Gasteiger partial charge < -0.3 is 14.6 Å². The first-order chi connectivity index (χ1) is 12.7. The first-order valence-electron chi connectivity index (χ1n) is 8.60. The number of carbonyl (C=O) groups excluding carboxylic acids is 1. The summed E-state index contributed by atoms with van der Waals surface area (Å²) in [6.07, 6.45) is 5.01. The smallest absolute Gasteiger partial charge is 0.408 e. The highest BCUT2D eigenvalue weighted by Gasteiger charge is 2.24. The van der Waals surface area contributed by atoms with Crippen molar-refractivity contribution in [3.05, 3.63) is 53.3 Å². The summed E-state index contributed by atoms with van der Waals surface area (Å²) in [5.74, 6) is 0.0269. The number of piperidine rings is 1. The van der Waals surface area contributed by atoms with Gasteiger partial charge >= 0.3 is 5.76 Å². The molecule has 0 bridgehead atoms. The predicted octanol–water partition coefficient (Wildman–Crippen LogP) is 1.49. The van der Waals surface area contributed by atoms with Gasteiger partial charge in [-0.15, -0.1) is 0 Å². The van der Waals surface area contributed by atoms with Crippen LogP contribution in [0, 0.1) is 0 Å². The summed E-state index contributed by atoms with van der Waals surface area (Å²) in [5.41, 5.74) is 1.14. The van der Waals surface area contributed by atoms with E-state index >= 15 is 0 Å². The summed E-state index contributed by atoms with van der Waals surface area (Å²) >= 11 is 0. The molecule has 26 heavy (non-hydrogen) atoms. The van der Waals surface area contributed by atoms with E-state index in [1.807, 2.05) is 6.07 Å². The van der Waals surface area contributed by atoms with Gasteiger partial charge in [-0.3, -0.25) is 9.36 Å². The molecule has 0 unspecified atom stereocenters. The molecule has 0 saturated carbocycles. The van der Waals surface area contributed by atoms with Crippen LogP contribution >= 0.6 is 0 Å². The number of aromatic nitrogens is 3. The molecular formula is C18H19N5O3. The normalized spacial score (nSPS) is 15.3. The van der Waals surface area contributed by atoms with Gasteiger partial charge in [0.1, 0.15) is 6.54 Å². The van der Waals surface area contributed by atoms with E-state index in [4.69, 9.17) is 4.42 Å². The average molecular weight is 353 g/mol. The fraction of sp³-hybridized carbons (Fsp3) is 0.333. The second kappa shape index (κ2) is 6.99. The molecule has 1 saturated heterocycles. The Balaban J connectivity index is 1.38. The standard InChI is InChI=1S/C18H19N5O3/c24-16(12-23-14-4-1-2-5-15(14)26-18(23)25)22-10-6-13(7-11-22)21-17-19-8-3-9-20-17/h1-5,8-9,13H,6-7,10-12H2,(H,19,20,21). The fourth-order valence-corrected chi connectivity index (χ4v) is 3.23. The van der Waals surface area contributed by atoms with Crippen molar-refractivity contribution in [2.45, 2.75) is 25.4 Å². The number of nitrogens with one attached hydrogen (secondary N) is 1. The van der Waals surface area contributed by atoms with E-state index in [-0.39, 0.29) is 18.5 Å². The SMILES string of the molecule is O=C(Cn1c(=O)oc2ccccc21)N1CCC(Nc2ncccn2)CC1.